The van der Waals surface area contributed by atoms with Crippen molar-refractivity contribution >= 4 is 16.8 Å². The minimum absolute atomic E-state index is 0.0351. The number of para-hydroxylation sites is 1. The van der Waals surface area contributed by atoms with E-state index in [0.29, 0.717) is 13.0 Å². The number of amides is 1. The number of aryl methyl sites for hydroxylation is 2. The molecule has 3 aromatic carbocycles. The fourth-order valence-electron chi connectivity index (χ4n) is 5.30. The van der Waals surface area contributed by atoms with Crippen molar-refractivity contribution in [2.45, 2.75) is 58.1 Å². The maximum Gasteiger partial charge on any atom is 0.221 e. The van der Waals surface area contributed by atoms with Crippen molar-refractivity contribution in [3.63, 3.8) is 0 Å². The summed E-state index contributed by atoms with van der Waals surface area (Å²) in [4.78, 5) is 13.3. The molecule has 0 spiro atoms. The summed E-state index contributed by atoms with van der Waals surface area (Å²) in [6.45, 7) is 8.44. The topological polar surface area (TPSA) is 43.3 Å². The smallest absolute Gasteiger partial charge is 0.221 e. The molecule has 2 atom stereocenters. The van der Waals surface area contributed by atoms with E-state index in [0.717, 1.165) is 31.6 Å². The van der Waals surface area contributed by atoms with Gasteiger partial charge in [-0.05, 0) is 56.4 Å². The van der Waals surface area contributed by atoms with Crippen LogP contribution in [0.25, 0.3) is 10.9 Å². The lowest BCUT2D eigenvalue weighted by molar-refractivity contribution is -0.122. The number of nitrogens with one attached hydrogen (secondary N) is 1. The molecule has 0 radical (unpaired) electrons. The Hall–Kier alpha value is -3.37. The number of carbonyl (C=O) groups excluding carboxylic acids is 1. The molecule has 0 bridgehead atoms. The SMILES string of the molecule is Cc1ccc(Cn2cc([C@H](CC(=O)NC[C@]3(C)CCCO3)c3ccc(C)cc3)c3ccccc32)cc1. The third kappa shape index (κ3) is 5.39. The highest BCUT2D eigenvalue weighted by Crippen LogP contribution is 2.35. The van der Waals surface area contributed by atoms with Crippen LogP contribution in [0, 0.1) is 13.8 Å². The zero-order valence-electron chi connectivity index (χ0n) is 21.6. The molecule has 1 fully saturated rings. The molecule has 1 aromatic heterocycles. The van der Waals surface area contributed by atoms with Gasteiger partial charge in [-0.2, -0.15) is 0 Å². The van der Waals surface area contributed by atoms with Gasteiger partial charge in [-0.3, -0.25) is 4.79 Å². The first kappa shape index (κ1) is 24.3. The molecule has 4 aromatic rings. The van der Waals surface area contributed by atoms with Crippen LogP contribution in [-0.4, -0.2) is 29.2 Å². The molecule has 1 aliphatic heterocycles. The fraction of sp³-hybridized carbons (Fsp3) is 0.344. The van der Waals surface area contributed by atoms with E-state index in [1.165, 1.54) is 33.2 Å². The van der Waals surface area contributed by atoms with Crippen LogP contribution in [0.1, 0.15) is 59.9 Å². The average molecular weight is 481 g/mol. The van der Waals surface area contributed by atoms with Crippen LogP contribution < -0.4 is 5.32 Å². The van der Waals surface area contributed by atoms with Crippen LogP contribution in [0.15, 0.2) is 79.0 Å². The van der Waals surface area contributed by atoms with Gasteiger partial charge in [0.15, 0.2) is 0 Å². The first-order chi connectivity index (χ1) is 17.4. The third-order valence-corrected chi connectivity index (χ3v) is 7.50. The van der Waals surface area contributed by atoms with Crippen LogP contribution in [0.5, 0.6) is 0 Å². The number of ether oxygens (including phenoxy) is 1. The van der Waals surface area contributed by atoms with E-state index in [2.05, 4.69) is 110 Å². The van der Waals surface area contributed by atoms with E-state index in [9.17, 15) is 4.79 Å². The van der Waals surface area contributed by atoms with E-state index in [1.807, 2.05) is 0 Å². The van der Waals surface area contributed by atoms with Crippen LogP contribution in [0.2, 0.25) is 0 Å². The molecule has 4 nitrogen and oxygen atoms in total. The second-order valence-electron chi connectivity index (χ2n) is 10.6. The minimum atomic E-state index is -0.251. The minimum Gasteiger partial charge on any atom is -0.373 e. The van der Waals surface area contributed by atoms with E-state index in [-0.39, 0.29) is 17.4 Å². The standard InChI is InChI=1S/C32H36N2O2/c1-23-9-13-25(14-10-23)20-34-21-29(27-7-4-5-8-30(27)34)28(26-15-11-24(2)12-16-26)19-31(35)33-22-32(3)17-6-18-36-32/h4-5,7-16,21,28H,6,17-20,22H2,1-3H3,(H,33,35)/t28-,32+/m1/s1. The summed E-state index contributed by atoms with van der Waals surface area (Å²) in [5, 5.41) is 4.38. The Morgan fingerprint density at radius 1 is 1.00 bits per heavy atom. The molecule has 4 heteroatoms. The van der Waals surface area contributed by atoms with Crippen LogP contribution >= 0.6 is 0 Å². The monoisotopic (exact) mass is 480 g/mol. The van der Waals surface area contributed by atoms with E-state index >= 15 is 0 Å². The quantitative estimate of drug-likeness (QED) is 0.312. The molecule has 1 aliphatic rings. The van der Waals surface area contributed by atoms with Crippen LogP contribution in [0.3, 0.4) is 0 Å². The Balaban J connectivity index is 1.48. The molecule has 1 saturated heterocycles. The molecular formula is C32H36N2O2. The second-order valence-corrected chi connectivity index (χ2v) is 10.6. The normalized spacial score (nSPS) is 18.4. The summed E-state index contributed by atoms with van der Waals surface area (Å²) in [6, 6.07) is 25.9. The number of fused-ring (bicyclic) bond motifs is 1. The molecule has 186 valence electrons. The van der Waals surface area contributed by atoms with Gasteiger partial charge in [-0.25, -0.2) is 0 Å². The first-order valence-electron chi connectivity index (χ1n) is 13.0. The maximum atomic E-state index is 13.3. The largest absolute Gasteiger partial charge is 0.373 e. The van der Waals surface area contributed by atoms with Crippen molar-refractivity contribution in [2.75, 3.05) is 13.2 Å². The molecule has 0 unspecified atom stereocenters. The van der Waals surface area contributed by atoms with Crippen molar-refractivity contribution in [3.05, 3.63) is 107 Å². The van der Waals surface area contributed by atoms with Gasteiger partial charge >= 0.3 is 0 Å². The fourth-order valence-corrected chi connectivity index (χ4v) is 5.30. The van der Waals surface area contributed by atoms with Crippen LogP contribution in [0.4, 0.5) is 0 Å². The predicted molar refractivity (Wildman–Crippen MR) is 146 cm³/mol. The van der Waals surface area contributed by atoms with Gasteiger partial charge < -0.3 is 14.6 Å². The number of hydrogen-bond donors (Lipinski definition) is 1. The lowest BCUT2D eigenvalue weighted by Crippen LogP contribution is -2.40. The number of benzene rings is 3. The number of rotatable bonds is 8. The summed E-state index contributed by atoms with van der Waals surface area (Å²) in [5.74, 6) is 0.0275. The molecule has 5 rings (SSSR count). The number of carbonyl (C=O) groups is 1. The van der Waals surface area contributed by atoms with Crippen molar-refractivity contribution in [1.29, 1.82) is 0 Å². The molecule has 0 aliphatic carbocycles. The van der Waals surface area contributed by atoms with Crippen molar-refractivity contribution in [2.24, 2.45) is 0 Å². The zero-order chi connectivity index (χ0) is 25.1. The maximum absolute atomic E-state index is 13.3. The summed E-state index contributed by atoms with van der Waals surface area (Å²) in [6.07, 6.45) is 4.70. The van der Waals surface area contributed by atoms with Gasteiger partial charge in [0.25, 0.3) is 0 Å². The van der Waals surface area contributed by atoms with Gasteiger partial charge in [-0.1, -0.05) is 77.9 Å². The molecular weight excluding hydrogens is 444 g/mol. The van der Waals surface area contributed by atoms with Gasteiger partial charge in [0.2, 0.25) is 5.91 Å². The summed E-state index contributed by atoms with van der Waals surface area (Å²) >= 11 is 0. The Labute approximate surface area is 214 Å². The Kier molecular flexibility index (Phi) is 6.97. The van der Waals surface area contributed by atoms with E-state index in [4.69, 9.17) is 4.74 Å². The molecule has 1 N–H and O–H groups in total. The zero-order valence-corrected chi connectivity index (χ0v) is 21.6. The molecule has 1 amide bonds. The lowest BCUT2D eigenvalue weighted by atomic mass is 9.87. The summed E-state index contributed by atoms with van der Waals surface area (Å²) in [7, 11) is 0. The number of hydrogen-bond acceptors (Lipinski definition) is 2. The highest BCUT2D eigenvalue weighted by atomic mass is 16.5. The molecule has 36 heavy (non-hydrogen) atoms. The lowest BCUT2D eigenvalue weighted by Gasteiger charge is -2.24. The van der Waals surface area contributed by atoms with Gasteiger partial charge in [0.05, 0.1) is 5.60 Å². The van der Waals surface area contributed by atoms with Crippen molar-refractivity contribution in [1.82, 2.24) is 9.88 Å². The van der Waals surface area contributed by atoms with Crippen molar-refractivity contribution in [3.8, 4) is 0 Å². The molecule has 2 heterocycles. The Morgan fingerprint density at radius 2 is 1.69 bits per heavy atom. The molecule has 0 saturated carbocycles. The van der Waals surface area contributed by atoms with Crippen LogP contribution in [-0.2, 0) is 16.1 Å². The highest BCUT2D eigenvalue weighted by molar-refractivity contribution is 5.86. The van der Waals surface area contributed by atoms with Gasteiger partial charge in [0.1, 0.15) is 0 Å². The highest BCUT2D eigenvalue weighted by Gasteiger charge is 2.31. The Bertz CT molecular complexity index is 1330. The van der Waals surface area contributed by atoms with E-state index in [1.54, 1.807) is 0 Å². The van der Waals surface area contributed by atoms with Gasteiger partial charge in [0, 0.05) is 49.1 Å². The number of nitrogens with zero attached hydrogens (tertiary/aromatic N) is 1. The Morgan fingerprint density at radius 3 is 2.39 bits per heavy atom. The predicted octanol–water partition coefficient (Wildman–Crippen LogP) is 6.51. The summed E-state index contributed by atoms with van der Waals surface area (Å²) < 4.78 is 8.21. The average Bonchev–Trinajstić information content (AvgIpc) is 3.48. The first-order valence-corrected chi connectivity index (χ1v) is 13.0. The van der Waals surface area contributed by atoms with Crippen molar-refractivity contribution < 1.29 is 9.53 Å². The van der Waals surface area contributed by atoms with E-state index < -0.39 is 0 Å². The second kappa shape index (κ2) is 10.3. The van der Waals surface area contributed by atoms with Gasteiger partial charge in [-0.15, -0.1) is 0 Å². The summed E-state index contributed by atoms with van der Waals surface area (Å²) in [5.41, 5.74) is 7.05. The third-order valence-electron chi connectivity index (χ3n) is 7.50. The number of aromatic nitrogens is 1.